The minimum atomic E-state index is -4.40. The van der Waals surface area contributed by atoms with E-state index in [9.17, 15) is 17.8 Å². The summed E-state index contributed by atoms with van der Waals surface area (Å²) in [6, 6.07) is 4.32. The minimum absolute atomic E-state index is 0.0701. The fraction of sp³-hybridized carbons (Fsp3) is 0.533. The SMILES string of the molecule is O=C(Nc1cc(NCCCCCO)ccc1S(=O)(=O)O)C1CC1. The first kappa shape index (κ1) is 17.7. The van der Waals surface area contributed by atoms with E-state index in [2.05, 4.69) is 10.6 Å². The molecule has 8 heteroatoms. The lowest BCUT2D eigenvalue weighted by Gasteiger charge is -2.12. The van der Waals surface area contributed by atoms with Crippen molar-refractivity contribution in [3.63, 3.8) is 0 Å². The molecule has 1 aliphatic rings. The molecule has 0 aromatic heterocycles. The molecule has 0 spiro atoms. The van der Waals surface area contributed by atoms with E-state index in [0.717, 1.165) is 32.1 Å². The second kappa shape index (κ2) is 7.76. The molecule has 1 aromatic carbocycles. The molecule has 4 N–H and O–H groups in total. The van der Waals surface area contributed by atoms with Crippen LogP contribution < -0.4 is 10.6 Å². The van der Waals surface area contributed by atoms with Gasteiger partial charge >= 0.3 is 0 Å². The third-order valence-corrected chi connectivity index (χ3v) is 4.54. The maximum absolute atomic E-state index is 11.9. The Labute approximate surface area is 135 Å². The van der Waals surface area contributed by atoms with E-state index in [1.165, 1.54) is 12.1 Å². The molecule has 0 saturated heterocycles. The van der Waals surface area contributed by atoms with Crippen LogP contribution in [0.1, 0.15) is 32.1 Å². The Balaban J connectivity index is 2.07. The van der Waals surface area contributed by atoms with Crippen molar-refractivity contribution in [3.05, 3.63) is 18.2 Å². The van der Waals surface area contributed by atoms with Crippen LogP contribution in [-0.2, 0) is 14.9 Å². The van der Waals surface area contributed by atoms with Crippen LogP contribution in [0.4, 0.5) is 11.4 Å². The van der Waals surface area contributed by atoms with Gasteiger partial charge in [-0.25, -0.2) is 0 Å². The number of aliphatic hydroxyl groups is 1. The van der Waals surface area contributed by atoms with Crippen molar-refractivity contribution < 1.29 is 22.9 Å². The zero-order valence-corrected chi connectivity index (χ0v) is 13.6. The van der Waals surface area contributed by atoms with E-state index in [1.54, 1.807) is 6.07 Å². The van der Waals surface area contributed by atoms with Gasteiger partial charge in [0.2, 0.25) is 5.91 Å². The minimum Gasteiger partial charge on any atom is -0.396 e. The van der Waals surface area contributed by atoms with Crippen molar-refractivity contribution in [2.75, 3.05) is 23.8 Å². The smallest absolute Gasteiger partial charge is 0.296 e. The number of nitrogens with one attached hydrogen (secondary N) is 2. The van der Waals surface area contributed by atoms with E-state index in [4.69, 9.17) is 5.11 Å². The average Bonchev–Trinajstić information content (AvgIpc) is 3.30. The molecule has 2 rings (SSSR count). The summed E-state index contributed by atoms with van der Waals surface area (Å²) in [5, 5.41) is 14.4. The predicted molar refractivity (Wildman–Crippen MR) is 87.0 cm³/mol. The number of benzene rings is 1. The first-order valence-electron chi connectivity index (χ1n) is 7.69. The van der Waals surface area contributed by atoms with E-state index in [1.807, 2.05) is 0 Å². The average molecular weight is 342 g/mol. The van der Waals surface area contributed by atoms with Crippen LogP contribution in [0.3, 0.4) is 0 Å². The predicted octanol–water partition coefficient (Wildman–Crippen LogP) is 1.86. The Bertz CT molecular complexity index is 656. The zero-order chi connectivity index (χ0) is 16.9. The van der Waals surface area contributed by atoms with Crippen molar-refractivity contribution in [3.8, 4) is 0 Å². The van der Waals surface area contributed by atoms with E-state index >= 15 is 0 Å². The topological polar surface area (TPSA) is 116 Å². The molecule has 1 fully saturated rings. The van der Waals surface area contributed by atoms with Gasteiger partial charge in [0.15, 0.2) is 0 Å². The summed E-state index contributed by atoms with van der Waals surface area (Å²) in [5.74, 6) is -0.297. The highest BCUT2D eigenvalue weighted by Crippen LogP contribution is 2.32. The van der Waals surface area contributed by atoms with Crippen LogP contribution >= 0.6 is 0 Å². The monoisotopic (exact) mass is 342 g/mol. The maximum Gasteiger partial charge on any atom is 0.296 e. The van der Waals surface area contributed by atoms with Crippen molar-refractivity contribution in [2.24, 2.45) is 5.92 Å². The molecule has 0 unspecified atom stereocenters. The molecular weight excluding hydrogens is 320 g/mol. The highest BCUT2D eigenvalue weighted by molar-refractivity contribution is 7.86. The second-order valence-electron chi connectivity index (χ2n) is 5.66. The van der Waals surface area contributed by atoms with Gasteiger partial charge in [0.05, 0.1) is 5.69 Å². The summed E-state index contributed by atoms with van der Waals surface area (Å²) >= 11 is 0. The number of amides is 1. The quantitative estimate of drug-likeness (QED) is 0.402. The molecule has 0 aliphatic heterocycles. The lowest BCUT2D eigenvalue weighted by molar-refractivity contribution is -0.117. The Morgan fingerprint density at radius 3 is 2.57 bits per heavy atom. The van der Waals surface area contributed by atoms with Crippen molar-refractivity contribution in [1.29, 1.82) is 0 Å². The van der Waals surface area contributed by atoms with Gasteiger partial charge in [0.25, 0.3) is 10.1 Å². The van der Waals surface area contributed by atoms with Crippen molar-refractivity contribution >= 4 is 27.4 Å². The first-order chi connectivity index (χ1) is 10.9. The number of rotatable bonds is 9. The lowest BCUT2D eigenvalue weighted by Crippen LogP contribution is -2.16. The van der Waals surface area contributed by atoms with Gasteiger partial charge in [-0.2, -0.15) is 8.42 Å². The normalized spacial score (nSPS) is 14.5. The molecule has 0 atom stereocenters. The molecule has 1 aliphatic carbocycles. The van der Waals surface area contributed by atoms with Crippen LogP contribution in [0.2, 0.25) is 0 Å². The summed E-state index contributed by atoms with van der Waals surface area (Å²) < 4.78 is 32.1. The zero-order valence-electron chi connectivity index (χ0n) is 12.8. The third-order valence-electron chi connectivity index (χ3n) is 3.63. The first-order valence-corrected chi connectivity index (χ1v) is 9.13. The summed E-state index contributed by atoms with van der Waals surface area (Å²) in [7, 11) is -4.40. The number of carbonyl (C=O) groups excluding carboxylic acids is 1. The highest BCUT2D eigenvalue weighted by Gasteiger charge is 2.30. The lowest BCUT2D eigenvalue weighted by atomic mass is 10.2. The number of hydrogen-bond acceptors (Lipinski definition) is 5. The Kier molecular flexibility index (Phi) is 5.97. The Hall–Kier alpha value is -1.64. The van der Waals surface area contributed by atoms with E-state index in [0.29, 0.717) is 12.2 Å². The highest BCUT2D eigenvalue weighted by atomic mass is 32.2. The number of hydrogen-bond donors (Lipinski definition) is 4. The van der Waals surface area contributed by atoms with Gasteiger partial charge in [0, 0.05) is 24.8 Å². The van der Waals surface area contributed by atoms with Crippen LogP contribution in [0.25, 0.3) is 0 Å². The van der Waals surface area contributed by atoms with Gasteiger partial charge < -0.3 is 15.7 Å². The van der Waals surface area contributed by atoms with Crippen LogP contribution in [0.5, 0.6) is 0 Å². The second-order valence-corrected chi connectivity index (χ2v) is 7.05. The molecule has 1 aromatic rings. The van der Waals surface area contributed by atoms with Crippen LogP contribution in [0.15, 0.2) is 23.1 Å². The number of aliphatic hydroxyl groups excluding tert-OH is 1. The van der Waals surface area contributed by atoms with Gasteiger partial charge in [-0.1, -0.05) is 0 Å². The summed E-state index contributed by atoms with van der Waals surface area (Å²) in [6.45, 7) is 0.835. The standard InChI is InChI=1S/C15H22N2O5S/c18-9-3-1-2-8-16-12-6-7-14(23(20,21)22)13(10-12)17-15(19)11-4-5-11/h6-7,10-11,16,18H,1-5,8-9H2,(H,17,19)(H,20,21,22). The number of anilines is 2. The van der Waals surface area contributed by atoms with Crippen LogP contribution in [-0.4, -0.2) is 37.1 Å². The molecular formula is C15H22N2O5S. The van der Waals surface area contributed by atoms with Gasteiger partial charge in [0.1, 0.15) is 4.90 Å². The molecule has 0 bridgehead atoms. The summed E-state index contributed by atoms with van der Waals surface area (Å²) in [5.41, 5.74) is 0.747. The summed E-state index contributed by atoms with van der Waals surface area (Å²) in [4.78, 5) is 11.6. The maximum atomic E-state index is 11.9. The van der Waals surface area contributed by atoms with Gasteiger partial charge in [-0.05, 0) is 50.3 Å². The number of carbonyl (C=O) groups is 1. The summed E-state index contributed by atoms with van der Waals surface area (Å²) in [6.07, 6.45) is 4.10. The fourth-order valence-corrected chi connectivity index (χ4v) is 2.82. The molecule has 0 radical (unpaired) electrons. The molecule has 1 amide bonds. The fourth-order valence-electron chi connectivity index (χ4n) is 2.19. The van der Waals surface area contributed by atoms with Gasteiger partial charge in [-0.3, -0.25) is 9.35 Å². The molecule has 23 heavy (non-hydrogen) atoms. The van der Waals surface area contributed by atoms with Gasteiger partial charge in [-0.15, -0.1) is 0 Å². The van der Waals surface area contributed by atoms with Crippen molar-refractivity contribution in [1.82, 2.24) is 0 Å². The van der Waals surface area contributed by atoms with E-state index in [-0.39, 0.29) is 29.0 Å². The molecule has 0 heterocycles. The van der Waals surface area contributed by atoms with Crippen LogP contribution in [0, 0.1) is 5.92 Å². The Morgan fingerprint density at radius 2 is 1.96 bits per heavy atom. The molecule has 7 nitrogen and oxygen atoms in total. The largest absolute Gasteiger partial charge is 0.396 e. The van der Waals surface area contributed by atoms with Crippen molar-refractivity contribution in [2.45, 2.75) is 37.0 Å². The third kappa shape index (κ3) is 5.49. The molecule has 1 saturated carbocycles. The Morgan fingerprint density at radius 1 is 1.22 bits per heavy atom. The van der Waals surface area contributed by atoms with E-state index < -0.39 is 10.1 Å². The number of unbranched alkanes of at least 4 members (excludes halogenated alkanes) is 2. The molecule has 128 valence electrons.